The van der Waals surface area contributed by atoms with Crippen molar-refractivity contribution in [3.8, 4) is 0 Å². The van der Waals surface area contributed by atoms with E-state index in [1.807, 2.05) is 0 Å². The first kappa shape index (κ1) is 22.2. The van der Waals surface area contributed by atoms with E-state index in [2.05, 4.69) is 11.8 Å². The summed E-state index contributed by atoms with van der Waals surface area (Å²) in [5.74, 6) is -1.82. The van der Waals surface area contributed by atoms with E-state index in [1.54, 1.807) is 0 Å². The molecule has 0 spiro atoms. The first-order chi connectivity index (χ1) is 10.8. The van der Waals surface area contributed by atoms with Crippen molar-refractivity contribution in [2.24, 2.45) is 5.92 Å². The molecule has 0 radical (unpaired) electrons. The second-order valence-electron chi connectivity index (χ2n) is 5.98. The van der Waals surface area contributed by atoms with Crippen molar-refractivity contribution >= 4 is 5.97 Å². The number of aliphatic hydroxyl groups excluding tert-OH is 1. The molecule has 1 rings (SSSR count). The molecule has 0 atom stereocenters. The molecule has 1 aliphatic rings. The van der Waals surface area contributed by atoms with Gasteiger partial charge in [-0.15, -0.1) is 0 Å². The highest BCUT2D eigenvalue weighted by molar-refractivity contribution is 5.73. The molecule has 0 amide bonds. The van der Waals surface area contributed by atoms with E-state index in [-0.39, 0.29) is 0 Å². The molecule has 4 nitrogen and oxygen atoms in total. The van der Waals surface area contributed by atoms with Gasteiger partial charge in [-0.1, -0.05) is 32.6 Å². The topological polar surface area (TPSA) is 60.8 Å². The highest BCUT2D eigenvalue weighted by Gasteiger charge is 2.38. The number of carboxylic acid groups (broad SMARTS) is 1. The van der Waals surface area contributed by atoms with Crippen LogP contribution in [0, 0.1) is 5.92 Å². The Morgan fingerprint density at radius 2 is 1.65 bits per heavy atom. The zero-order valence-corrected chi connectivity index (χ0v) is 13.9. The Balaban J connectivity index is 0.000000585. The number of aliphatic hydroxyl groups is 1. The molecule has 1 aliphatic carbocycles. The van der Waals surface area contributed by atoms with E-state index >= 15 is 0 Å². The zero-order chi connectivity index (χ0) is 17.7. The SMILES string of the molecule is CCN(CCCCO)CC1CCCCCC1.O=C(O)C(F)(F)F. The number of alkyl halides is 3. The van der Waals surface area contributed by atoms with Gasteiger partial charge in [-0.05, 0) is 44.7 Å². The molecule has 0 aromatic carbocycles. The van der Waals surface area contributed by atoms with E-state index in [4.69, 9.17) is 15.0 Å². The van der Waals surface area contributed by atoms with Crippen molar-refractivity contribution in [2.45, 2.75) is 64.5 Å². The van der Waals surface area contributed by atoms with Gasteiger partial charge >= 0.3 is 12.1 Å². The van der Waals surface area contributed by atoms with Crippen molar-refractivity contribution in [1.82, 2.24) is 4.90 Å². The Bertz CT molecular complexity index is 303. The zero-order valence-electron chi connectivity index (χ0n) is 13.9. The Hall–Kier alpha value is -0.820. The molecule has 2 N–H and O–H groups in total. The van der Waals surface area contributed by atoms with Crippen LogP contribution in [0.3, 0.4) is 0 Å². The Kier molecular flexibility index (Phi) is 12.1. The van der Waals surface area contributed by atoms with Gasteiger partial charge in [0.2, 0.25) is 0 Å². The van der Waals surface area contributed by atoms with Crippen molar-refractivity contribution in [3.63, 3.8) is 0 Å². The fourth-order valence-corrected chi connectivity index (χ4v) is 2.74. The number of hydrogen-bond acceptors (Lipinski definition) is 3. The molecule has 1 fully saturated rings. The number of nitrogens with zero attached hydrogens (tertiary/aromatic N) is 1. The first-order valence-electron chi connectivity index (χ1n) is 8.44. The van der Waals surface area contributed by atoms with Crippen molar-refractivity contribution in [3.05, 3.63) is 0 Å². The lowest BCUT2D eigenvalue weighted by Gasteiger charge is -2.25. The van der Waals surface area contributed by atoms with Gasteiger partial charge in [0.25, 0.3) is 0 Å². The Morgan fingerprint density at radius 1 is 1.13 bits per heavy atom. The molecule has 138 valence electrons. The summed E-state index contributed by atoms with van der Waals surface area (Å²) < 4.78 is 31.7. The molecular weight excluding hydrogens is 311 g/mol. The number of aliphatic carboxylic acids is 1. The normalized spacial score (nSPS) is 16.6. The van der Waals surface area contributed by atoms with Crippen LogP contribution in [-0.2, 0) is 4.79 Å². The number of halogens is 3. The summed E-state index contributed by atoms with van der Waals surface area (Å²) in [6.07, 6.45) is 5.70. The number of carbonyl (C=O) groups is 1. The van der Waals surface area contributed by atoms with Crippen LogP contribution in [0.25, 0.3) is 0 Å². The second kappa shape index (κ2) is 12.6. The third-order valence-corrected chi connectivity index (χ3v) is 4.06. The Labute approximate surface area is 136 Å². The van der Waals surface area contributed by atoms with Gasteiger partial charge in [-0.3, -0.25) is 0 Å². The van der Waals surface area contributed by atoms with Gasteiger partial charge < -0.3 is 15.1 Å². The molecule has 0 aromatic heterocycles. The van der Waals surface area contributed by atoms with Gasteiger partial charge in [0.05, 0.1) is 0 Å². The molecule has 0 aromatic rings. The van der Waals surface area contributed by atoms with Gasteiger partial charge in [0.1, 0.15) is 0 Å². The third-order valence-electron chi connectivity index (χ3n) is 4.06. The summed E-state index contributed by atoms with van der Waals surface area (Å²) in [4.78, 5) is 11.5. The lowest BCUT2D eigenvalue weighted by atomic mass is 9.99. The van der Waals surface area contributed by atoms with E-state index < -0.39 is 12.1 Å². The van der Waals surface area contributed by atoms with Crippen molar-refractivity contribution in [2.75, 3.05) is 26.2 Å². The molecule has 0 unspecified atom stereocenters. The van der Waals surface area contributed by atoms with Gasteiger partial charge in [-0.2, -0.15) is 13.2 Å². The molecule has 0 bridgehead atoms. The highest BCUT2D eigenvalue weighted by atomic mass is 19.4. The molecule has 0 aliphatic heterocycles. The van der Waals surface area contributed by atoms with Crippen LogP contribution < -0.4 is 0 Å². The van der Waals surface area contributed by atoms with Crippen LogP contribution in [0.2, 0.25) is 0 Å². The Morgan fingerprint density at radius 3 is 2.04 bits per heavy atom. The highest BCUT2D eigenvalue weighted by Crippen LogP contribution is 2.23. The van der Waals surface area contributed by atoms with Crippen LogP contribution in [-0.4, -0.2) is 53.5 Å². The fourth-order valence-electron chi connectivity index (χ4n) is 2.74. The summed E-state index contributed by atoms with van der Waals surface area (Å²) in [5.41, 5.74) is 0. The summed E-state index contributed by atoms with van der Waals surface area (Å²) in [6, 6.07) is 0. The van der Waals surface area contributed by atoms with Crippen LogP contribution in [0.4, 0.5) is 13.2 Å². The van der Waals surface area contributed by atoms with E-state index in [1.165, 1.54) is 58.2 Å². The molecular formula is C16H30F3NO3. The minimum atomic E-state index is -5.08. The summed E-state index contributed by atoms with van der Waals surface area (Å²) in [5, 5.41) is 15.9. The monoisotopic (exact) mass is 341 g/mol. The summed E-state index contributed by atoms with van der Waals surface area (Å²) in [7, 11) is 0. The molecule has 0 saturated heterocycles. The molecule has 0 heterocycles. The average Bonchev–Trinajstić information content (AvgIpc) is 2.74. The van der Waals surface area contributed by atoms with Crippen LogP contribution in [0.5, 0.6) is 0 Å². The van der Waals surface area contributed by atoms with Crippen LogP contribution in [0.15, 0.2) is 0 Å². The lowest BCUT2D eigenvalue weighted by Crippen LogP contribution is -2.30. The summed E-state index contributed by atoms with van der Waals surface area (Å²) in [6.45, 7) is 6.24. The predicted octanol–water partition coefficient (Wildman–Crippen LogP) is 3.68. The van der Waals surface area contributed by atoms with Crippen molar-refractivity contribution < 1.29 is 28.2 Å². The summed E-state index contributed by atoms with van der Waals surface area (Å²) >= 11 is 0. The van der Waals surface area contributed by atoms with Crippen LogP contribution in [0.1, 0.15) is 58.3 Å². The van der Waals surface area contributed by atoms with E-state index in [0.717, 1.165) is 18.8 Å². The van der Waals surface area contributed by atoms with Gasteiger partial charge in [0.15, 0.2) is 0 Å². The fraction of sp³-hybridized carbons (Fsp3) is 0.938. The predicted molar refractivity (Wildman–Crippen MR) is 83.3 cm³/mol. The molecule has 1 saturated carbocycles. The number of hydrogen-bond donors (Lipinski definition) is 2. The minimum absolute atomic E-state index is 0.348. The number of carboxylic acids is 1. The van der Waals surface area contributed by atoms with E-state index in [0.29, 0.717) is 6.61 Å². The third kappa shape index (κ3) is 12.3. The standard InChI is InChI=1S/C14H29NO.C2HF3O2/c1-2-15(11-7-8-12-16)13-14-9-5-3-4-6-10-14;3-2(4,5)1(6)7/h14,16H,2-13H2,1H3;(H,6,7). The largest absolute Gasteiger partial charge is 0.490 e. The van der Waals surface area contributed by atoms with Crippen LogP contribution >= 0.6 is 0 Å². The van der Waals surface area contributed by atoms with Gasteiger partial charge in [-0.25, -0.2) is 4.79 Å². The number of unbranched alkanes of at least 4 members (excludes halogenated alkanes) is 1. The quantitative estimate of drug-likeness (QED) is 0.548. The average molecular weight is 341 g/mol. The van der Waals surface area contributed by atoms with Crippen molar-refractivity contribution in [1.29, 1.82) is 0 Å². The molecule has 7 heteroatoms. The smallest absolute Gasteiger partial charge is 0.475 e. The minimum Gasteiger partial charge on any atom is -0.475 e. The second-order valence-corrected chi connectivity index (χ2v) is 5.98. The maximum Gasteiger partial charge on any atom is 0.490 e. The lowest BCUT2D eigenvalue weighted by molar-refractivity contribution is -0.192. The molecule has 23 heavy (non-hydrogen) atoms. The van der Waals surface area contributed by atoms with Gasteiger partial charge in [0, 0.05) is 13.2 Å². The number of rotatable bonds is 7. The van der Waals surface area contributed by atoms with E-state index in [9.17, 15) is 13.2 Å². The first-order valence-corrected chi connectivity index (χ1v) is 8.44. The maximum absolute atomic E-state index is 10.6. The maximum atomic E-state index is 10.6.